The Hall–Kier alpha value is -0.710. The maximum atomic E-state index is 10.3. The highest BCUT2D eigenvalue weighted by Gasteiger charge is 2.09. The van der Waals surface area contributed by atoms with E-state index in [0.717, 1.165) is 4.90 Å². The lowest BCUT2D eigenvalue weighted by Gasteiger charge is -2.07. The Kier molecular flexibility index (Phi) is 4.94. The summed E-state index contributed by atoms with van der Waals surface area (Å²) in [5.74, 6) is -0.638. The normalized spacial score (nSPS) is 12.4. The molecule has 0 saturated carbocycles. The van der Waals surface area contributed by atoms with E-state index in [2.05, 4.69) is 0 Å². The Bertz CT molecular complexity index is 343. The Morgan fingerprint density at radius 3 is 2.87 bits per heavy atom. The average Bonchev–Trinajstić information content (AvgIpc) is 2.14. The number of hydrogen-bond acceptors (Lipinski definition) is 3. The van der Waals surface area contributed by atoms with Crippen LogP contribution < -0.4 is 0 Å². The number of rotatable bonds is 5. The molecule has 3 nitrogen and oxygen atoms in total. The van der Waals surface area contributed by atoms with E-state index in [-0.39, 0.29) is 6.42 Å². The zero-order chi connectivity index (χ0) is 11.3. The Morgan fingerprint density at radius 2 is 2.27 bits per heavy atom. The number of aliphatic carboxylic acids is 1. The van der Waals surface area contributed by atoms with Gasteiger partial charge in [-0.05, 0) is 18.2 Å². The molecule has 1 aromatic rings. The first-order valence-corrected chi connectivity index (χ1v) is 5.72. The molecule has 1 aromatic carbocycles. The molecule has 15 heavy (non-hydrogen) atoms. The van der Waals surface area contributed by atoms with Crippen molar-refractivity contribution in [3.05, 3.63) is 29.3 Å². The lowest BCUT2D eigenvalue weighted by atomic mass is 10.3. The van der Waals surface area contributed by atoms with Crippen molar-refractivity contribution in [1.29, 1.82) is 0 Å². The van der Waals surface area contributed by atoms with E-state index in [1.165, 1.54) is 11.8 Å². The third kappa shape index (κ3) is 5.06. The molecule has 0 saturated heterocycles. The lowest BCUT2D eigenvalue weighted by Crippen LogP contribution is -2.15. The van der Waals surface area contributed by atoms with Gasteiger partial charge >= 0.3 is 5.97 Å². The standard InChI is InChI=1S/C10H11ClO3S/c11-7-2-1-3-9(4-7)15-6-8(12)5-10(13)14/h1-4,8,12H,5-6H2,(H,13,14). The monoisotopic (exact) mass is 246 g/mol. The van der Waals surface area contributed by atoms with Crippen LogP contribution in [0.2, 0.25) is 5.02 Å². The molecule has 0 radical (unpaired) electrons. The van der Waals surface area contributed by atoms with Gasteiger partial charge in [0.05, 0.1) is 12.5 Å². The molecule has 0 aliphatic carbocycles. The predicted molar refractivity (Wildman–Crippen MR) is 60.4 cm³/mol. The van der Waals surface area contributed by atoms with Gasteiger partial charge in [0.15, 0.2) is 0 Å². The van der Waals surface area contributed by atoms with Crippen LogP contribution in [0, 0.1) is 0 Å². The van der Waals surface area contributed by atoms with Crippen molar-refractivity contribution >= 4 is 29.3 Å². The number of aliphatic hydroxyl groups is 1. The van der Waals surface area contributed by atoms with Crippen LogP contribution in [-0.2, 0) is 4.79 Å². The van der Waals surface area contributed by atoms with Crippen LogP contribution in [0.5, 0.6) is 0 Å². The second-order valence-electron chi connectivity index (χ2n) is 3.02. The van der Waals surface area contributed by atoms with Gasteiger partial charge in [0, 0.05) is 15.7 Å². The average molecular weight is 247 g/mol. The summed E-state index contributed by atoms with van der Waals surface area (Å²) in [5, 5.41) is 18.4. The molecule has 1 unspecified atom stereocenters. The van der Waals surface area contributed by atoms with Crippen LogP contribution in [0.4, 0.5) is 0 Å². The number of carboxylic acids is 1. The minimum Gasteiger partial charge on any atom is -0.481 e. The maximum absolute atomic E-state index is 10.3. The second kappa shape index (κ2) is 6.00. The molecule has 0 aliphatic rings. The highest BCUT2D eigenvalue weighted by molar-refractivity contribution is 7.99. The molecule has 1 rings (SSSR count). The van der Waals surface area contributed by atoms with E-state index >= 15 is 0 Å². The first-order chi connectivity index (χ1) is 7.08. The maximum Gasteiger partial charge on any atom is 0.306 e. The SMILES string of the molecule is O=C(O)CC(O)CSc1cccc(Cl)c1. The summed E-state index contributed by atoms with van der Waals surface area (Å²) < 4.78 is 0. The van der Waals surface area contributed by atoms with E-state index in [4.69, 9.17) is 16.7 Å². The van der Waals surface area contributed by atoms with E-state index in [1.54, 1.807) is 12.1 Å². The van der Waals surface area contributed by atoms with Crippen molar-refractivity contribution in [2.45, 2.75) is 17.4 Å². The second-order valence-corrected chi connectivity index (χ2v) is 4.55. The molecule has 1 atom stereocenters. The van der Waals surface area contributed by atoms with Gasteiger partial charge in [-0.15, -0.1) is 11.8 Å². The molecule has 0 bridgehead atoms. The number of thioether (sulfide) groups is 1. The smallest absolute Gasteiger partial charge is 0.306 e. The van der Waals surface area contributed by atoms with Crippen LogP contribution >= 0.6 is 23.4 Å². The molecule has 5 heteroatoms. The molecule has 0 heterocycles. The topological polar surface area (TPSA) is 57.5 Å². The summed E-state index contributed by atoms with van der Waals surface area (Å²) in [7, 11) is 0. The summed E-state index contributed by atoms with van der Waals surface area (Å²) in [4.78, 5) is 11.2. The minimum atomic E-state index is -0.991. The summed E-state index contributed by atoms with van der Waals surface area (Å²) in [6.07, 6.45) is -1.06. The van der Waals surface area contributed by atoms with Gasteiger partial charge in [-0.25, -0.2) is 0 Å². The summed E-state index contributed by atoms with van der Waals surface area (Å²) in [6.45, 7) is 0. The molecule has 82 valence electrons. The third-order valence-electron chi connectivity index (χ3n) is 1.65. The predicted octanol–water partition coefficient (Wildman–Crippen LogP) is 2.27. The summed E-state index contributed by atoms with van der Waals surface area (Å²) in [6, 6.07) is 7.22. The molecule has 0 aliphatic heterocycles. The number of benzene rings is 1. The van der Waals surface area contributed by atoms with Crippen molar-refractivity contribution < 1.29 is 15.0 Å². The first-order valence-electron chi connectivity index (χ1n) is 4.36. The van der Waals surface area contributed by atoms with Gasteiger partial charge in [0.2, 0.25) is 0 Å². The summed E-state index contributed by atoms with van der Waals surface area (Å²) in [5.41, 5.74) is 0. The van der Waals surface area contributed by atoms with Gasteiger partial charge in [-0.2, -0.15) is 0 Å². The molecule has 2 N–H and O–H groups in total. The largest absolute Gasteiger partial charge is 0.481 e. The van der Waals surface area contributed by atoms with Gasteiger partial charge < -0.3 is 10.2 Å². The zero-order valence-corrected chi connectivity index (χ0v) is 9.46. The van der Waals surface area contributed by atoms with Crippen molar-refractivity contribution in [3.63, 3.8) is 0 Å². The highest BCUT2D eigenvalue weighted by Crippen LogP contribution is 2.22. The van der Waals surface area contributed by atoms with Gasteiger partial charge in [-0.3, -0.25) is 4.79 Å². The fraction of sp³-hybridized carbons (Fsp3) is 0.300. The van der Waals surface area contributed by atoms with Crippen LogP contribution in [0.1, 0.15) is 6.42 Å². The quantitative estimate of drug-likeness (QED) is 0.783. The van der Waals surface area contributed by atoms with E-state index in [1.807, 2.05) is 12.1 Å². The molecule has 0 fully saturated rings. The Morgan fingerprint density at radius 1 is 1.53 bits per heavy atom. The molecular formula is C10H11ClO3S. The number of aliphatic hydroxyl groups excluding tert-OH is 1. The number of carbonyl (C=O) groups is 1. The van der Waals surface area contributed by atoms with E-state index in [0.29, 0.717) is 10.8 Å². The fourth-order valence-electron chi connectivity index (χ4n) is 1.01. The zero-order valence-electron chi connectivity index (χ0n) is 7.89. The van der Waals surface area contributed by atoms with Crippen LogP contribution in [-0.4, -0.2) is 28.0 Å². The lowest BCUT2D eigenvalue weighted by molar-refractivity contribution is -0.138. The van der Waals surface area contributed by atoms with Crippen LogP contribution in [0.25, 0.3) is 0 Å². The fourth-order valence-corrected chi connectivity index (χ4v) is 2.15. The van der Waals surface area contributed by atoms with Gasteiger partial charge in [0.1, 0.15) is 0 Å². The van der Waals surface area contributed by atoms with Crippen LogP contribution in [0.3, 0.4) is 0 Å². The van der Waals surface area contributed by atoms with E-state index < -0.39 is 12.1 Å². The highest BCUT2D eigenvalue weighted by atomic mass is 35.5. The van der Waals surface area contributed by atoms with Gasteiger partial charge in [0.25, 0.3) is 0 Å². The Balaban J connectivity index is 2.40. The molecule has 0 aromatic heterocycles. The van der Waals surface area contributed by atoms with E-state index in [9.17, 15) is 9.90 Å². The number of carboxylic acid groups (broad SMARTS) is 1. The van der Waals surface area contributed by atoms with Crippen LogP contribution in [0.15, 0.2) is 29.2 Å². The minimum absolute atomic E-state index is 0.229. The van der Waals surface area contributed by atoms with Crippen molar-refractivity contribution in [3.8, 4) is 0 Å². The number of halogens is 1. The first kappa shape index (κ1) is 12.4. The number of hydrogen-bond donors (Lipinski definition) is 2. The van der Waals surface area contributed by atoms with Crippen molar-refractivity contribution in [1.82, 2.24) is 0 Å². The summed E-state index contributed by atoms with van der Waals surface area (Å²) >= 11 is 7.16. The molecule has 0 spiro atoms. The Labute approximate surface area is 97.1 Å². The molecular weight excluding hydrogens is 236 g/mol. The van der Waals surface area contributed by atoms with Crippen molar-refractivity contribution in [2.75, 3.05) is 5.75 Å². The van der Waals surface area contributed by atoms with Crippen molar-refractivity contribution in [2.24, 2.45) is 0 Å². The third-order valence-corrected chi connectivity index (χ3v) is 3.02. The molecule has 0 amide bonds. The van der Waals surface area contributed by atoms with Gasteiger partial charge in [-0.1, -0.05) is 17.7 Å².